The first kappa shape index (κ1) is 12.4. The van der Waals surface area contributed by atoms with E-state index in [0.717, 1.165) is 11.1 Å². The Kier molecular flexibility index (Phi) is 3.34. The maximum atomic E-state index is 11.2. The minimum absolute atomic E-state index is 0.229. The summed E-state index contributed by atoms with van der Waals surface area (Å²) in [6.45, 7) is 0.618. The first-order chi connectivity index (χ1) is 9.32. The molecular formula is C16H16O3. The molecule has 19 heavy (non-hydrogen) atoms. The van der Waals surface area contributed by atoms with Crippen LogP contribution in [-0.4, -0.2) is 24.6 Å². The van der Waals surface area contributed by atoms with E-state index in [1.165, 1.54) is 0 Å². The van der Waals surface area contributed by atoms with Crippen LogP contribution in [-0.2, 0) is 15.1 Å². The molecule has 1 saturated heterocycles. The largest absolute Gasteiger partial charge is 0.378 e. The Hall–Kier alpha value is -1.68. The molecule has 3 rings (SSSR count). The Morgan fingerprint density at radius 2 is 1.42 bits per heavy atom. The highest BCUT2D eigenvalue weighted by atomic mass is 16.7. The number of aliphatic hydroxyl groups is 1. The van der Waals surface area contributed by atoms with E-state index < -0.39 is 11.7 Å². The van der Waals surface area contributed by atoms with Gasteiger partial charge in [-0.1, -0.05) is 60.7 Å². The predicted octanol–water partition coefficient (Wildman–Crippen LogP) is 2.30. The van der Waals surface area contributed by atoms with Crippen LogP contribution in [0.1, 0.15) is 11.1 Å². The molecular weight excluding hydrogens is 240 g/mol. The number of benzene rings is 2. The van der Waals surface area contributed by atoms with Crippen molar-refractivity contribution in [2.24, 2.45) is 0 Å². The van der Waals surface area contributed by atoms with Gasteiger partial charge in [0, 0.05) is 0 Å². The first-order valence-electron chi connectivity index (χ1n) is 6.34. The van der Waals surface area contributed by atoms with Crippen molar-refractivity contribution in [2.75, 3.05) is 13.4 Å². The van der Waals surface area contributed by atoms with Crippen LogP contribution in [0.4, 0.5) is 0 Å². The van der Waals surface area contributed by atoms with Crippen LogP contribution in [0.2, 0.25) is 0 Å². The standard InChI is InChI=1S/C16H16O3/c17-16(15-11-18-12-19-15,13-7-3-1-4-8-13)14-9-5-2-6-10-14/h1-10,15,17H,11-12H2/t15-/m1/s1. The lowest BCUT2D eigenvalue weighted by Gasteiger charge is -2.33. The zero-order chi connectivity index (χ0) is 13.1. The van der Waals surface area contributed by atoms with E-state index in [-0.39, 0.29) is 6.79 Å². The smallest absolute Gasteiger partial charge is 0.147 e. The van der Waals surface area contributed by atoms with Crippen molar-refractivity contribution in [1.82, 2.24) is 0 Å². The van der Waals surface area contributed by atoms with Crippen LogP contribution in [0.25, 0.3) is 0 Å². The van der Waals surface area contributed by atoms with Gasteiger partial charge in [0.2, 0.25) is 0 Å². The molecule has 1 aliphatic heterocycles. The van der Waals surface area contributed by atoms with E-state index in [2.05, 4.69) is 0 Å². The van der Waals surface area contributed by atoms with E-state index in [9.17, 15) is 5.11 Å². The number of hydrogen-bond donors (Lipinski definition) is 1. The van der Waals surface area contributed by atoms with E-state index in [1.807, 2.05) is 60.7 Å². The second kappa shape index (κ2) is 5.13. The Bertz CT molecular complexity index is 479. The normalized spacial score (nSPS) is 19.5. The molecule has 0 amide bonds. The van der Waals surface area contributed by atoms with Gasteiger partial charge in [0.15, 0.2) is 0 Å². The minimum Gasteiger partial charge on any atom is -0.378 e. The molecule has 3 nitrogen and oxygen atoms in total. The fraction of sp³-hybridized carbons (Fsp3) is 0.250. The van der Waals surface area contributed by atoms with Crippen LogP contribution in [0.5, 0.6) is 0 Å². The quantitative estimate of drug-likeness (QED) is 0.915. The number of ether oxygens (including phenoxy) is 2. The summed E-state index contributed by atoms with van der Waals surface area (Å²) in [5, 5.41) is 11.2. The highest BCUT2D eigenvalue weighted by Crippen LogP contribution is 2.36. The molecule has 0 radical (unpaired) electrons. The molecule has 98 valence electrons. The van der Waals surface area contributed by atoms with Gasteiger partial charge in [0.25, 0.3) is 0 Å². The van der Waals surface area contributed by atoms with Crippen molar-refractivity contribution in [3.8, 4) is 0 Å². The zero-order valence-electron chi connectivity index (χ0n) is 10.5. The molecule has 0 bridgehead atoms. The van der Waals surface area contributed by atoms with E-state index in [4.69, 9.17) is 9.47 Å². The number of hydrogen-bond acceptors (Lipinski definition) is 3. The molecule has 0 aromatic heterocycles. The van der Waals surface area contributed by atoms with Gasteiger partial charge in [-0.25, -0.2) is 0 Å². The average molecular weight is 256 g/mol. The van der Waals surface area contributed by atoms with Crippen molar-refractivity contribution < 1.29 is 14.6 Å². The van der Waals surface area contributed by atoms with E-state index >= 15 is 0 Å². The third-order valence-corrected chi connectivity index (χ3v) is 3.52. The zero-order valence-corrected chi connectivity index (χ0v) is 10.5. The number of rotatable bonds is 3. The summed E-state index contributed by atoms with van der Waals surface area (Å²) in [4.78, 5) is 0. The molecule has 1 atom stereocenters. The van der Waals surface area contributed by atoms with Crippen molar-refractivity contribution in [3.05, 3.63) is 71.8 Å². The van der Waals surface area contributed by atoms with Gasteiger partial charge in [0.05, 0.1) is 6.61 Å². The second-order valence-corrected chi connectivity index (χ2v) is 4.64. The predicted molar refractivity (Wildman–Crippen MR) is 71.6 cm³/mol. The fourth-order valence-electron chi connectivity index (χ4n) is 2.50. The molecule has 3 heteroatoms. The third kappa shape index (κ3) is 2.16. The molecule has 0 unspecified atom stereocenters. The molecule has 2 aromatic rings. The monoisotopic (exact) mass is 256 g/mol. The summed E-state index contributed by atoms with van der Waals surface area (Å²) < 4.78 is 10.8. The second-order valence-electron chi connectivity index (χ2n) is 4.64. The molecule has 2 aromatic carbocycles. The van der Waals surface area contributed by atoms with Crippen molar-refractivity contribution in [3.63, 3.8) is 0 Å². The maximum Gasteiger partial charge on any atom is 0.147 e. The van der Waals surface area contributed by atoms with Crippen LogP contribution < -0.4 is 0 Å². The lowest BCUT2D eigenvalue weighted by Crippen LogP contribution is -2.42. The summed E-state index contributed by atoms with van der Waals surface area (Å²) in [5.41, 5.74) is 0.451. The highest BCUT2D eigenvalue weighted by molar-refractivity contribution is 5.37. The lowest BCUT2D eigenvalue weighted by molar-refractivity contribution is -0.0611. The van der Waals surface area contributed by atoms with Crippen molar-refractivity contribution in [2.45, 2.75) is 11.7 Å². The van der Waals surface area contributed by atoms with E-state index in [0.29, 0.717) is 6.61 Å². The Balaban J connectivity index is 2.10. The summed E-state index contributed by atoms with van der Waals surface area (Å²) in [6, 6.07) is 19.2. The molecule has 0 aliphatic carbocycles. The Morgan fingerprint density at radius 3 is 1.84 bits per heavy atom. The SMILES string of the molecule is OC(c1ccccc1)(c1ccccc1)[C@H]1COCO1. The molecule has 0 saturated carbocycles. The average Bonchev–Trinajstić information content (AvgIpc) is 3.03. The van der Waals surface area contributed by atoms with Crippen molar-refractivity contribution in [1.29, 1.82) is 0 Å². The Labute approximate surface area is 112 Å². The molecule has 1 fully saturated rings. The lowest BCUT2D eigenvalue weighted by atomic mass is 9.82. The van der Waals surface area contributed by atoms with Crippen LogP contribution in [0, 0.1) is 0 Å². The van der Waals surface area contributed by atoms with E-state index in [1.54, 1.807) is 0 Å². The highest BCUT2D eigenvalue weighted by Gasteiger charge is 2.43. The van der Waals surface area contributed by atoms with Crippen LogP contribution >= 0.6 is 0 Å². The van der Waals surface area contributed by atoms with Crippen LogP contribution in [0.15, 0.2) is 60.7 Å². The third-order valence-electron chi connectivity index (χ3n) is 3.52. The molecule has 0 spiro atoms. The van der Waals surface area contributed by atoms with Gasteiger partial charge in [-0.15, -0.1) is 0 Å². The fourth-order valence-corrected chi connectivity index (χ4v) is 2.50. The van der Waals surface area contributed by atoms with Gasteiger partial charge in [-0.3, -0.25) is 0 Å². The van der Waals surface area contributed by atoms with Crippen molar-refractivity contribution >= 4 is 0 Å². The Morgan fingerprint density at radius 1 is 0.895 bits per heavy atom. The van der Waals surface area contributed by atoms with Gasteiger partial charge in [-0.2, -0.15) is 0 Å². The van der Waals surface area contributed by atoms with Gasteiger partial charge in [0.1, 0.15) is 18.5 Å². The van der Waals surface area contributed by atoms with Gasteiger partial charge in [-0.05, 0) is 11.1 Å². The summed E-state index contributed by atoms with van der Waals surface area (Å²) >= 11 is 0. The topological polar surface area (TPSA) is 38.7 Å². The van der Waals surface area contributed by atoms with Gasteiger partial charge < -0.3 is 14.6 Å². The van der Waals surface area contributed by atoms with Crippen LogP contribution in [0.3, 0.4) is 0 Å². The summed E-state index contributed by atoms with van der Waals surface area (Å²) in [6.07, 6.45) is -0.391. The summed E-state index contributed by atoms with van der Waals surface area (Å²) in [5.74, 6) is 0. The molecule has 1 N–H and O–H groups in total. The first-order valence-corrected chi connectivity index (χ1v) is 6.34. The minimum atomic E-state index is -1.18. The molecule has 1 heterocycles. The van der Waals surface area contributed by atoms with Gasteiger partial charge >= 0.3 is 0 Å². The summed E-state index contributed by atoms with van der Waals surface area (Å²) in [7, 11) is 0. The molecule has 1 aliphatic rings. The maximum absolute atomic E-state index is 11.2.